The smallest absolute Gasteiger partial charge is 0.113 e. The molecule has 1 aliphatic rings. The van der Waals surface area contributed by atoms with Crippen LogP contribution < -0.4 is 0 Å². The number of hydrogen-bond acceptors (Lipinski definition) is 5. The predicted octanol–water partition coefficient (Wildman–Crippen LogP) is 12.2. The topological polar surface area (TPSA) is 25.8 Å². The lowest BCUT2D eigenvalue weighted by Crippen LogP contribution is -2.20. The molecule has 0 saturated carbocycles. The molecule has 2 nitrogen and oxygen atoms in total. The molecule has 0 saturated heterocycles. The molecule has 4 heterocycles. The van der Waals surface area contributed by atoms with E-state index in [-0.39, 0.29) is 0 Å². The number of fused-ring (bicyclic) bond motifs is 4. The van der Waals surface area contributed by atoms with E-state index in [9.17, 15) is 0 Å². The molecule has 0 bridgehead atoms. The zero-order valence-corrected chi connectivity index (χ0v) is 28.0. The van der Waals surface area contributed by atoms with Crippen molar-refractivity contribution in [2.24, 2.45) is 11.8 Å². The van der Waals surface area contributed by atoms with E-state index < -0.39 is 10.0 Å². The number of unbranched alkanes of at least 4 members (excludes halogenated alkanes) is 2. The van der Waals surface area contributed by atoms with Crippen molar-refractivity contribution < 1.29 is 0 Å². The number of aromatic nitrogens is 2. The summed E-state index contributed by atoms with van der Waals surface area (Å²) in [6.45, 7) is 14.1. The van der Waals surface area contributed by atoms with Crippen LogP contribution in [0.25, 0.3) is 31.2 Å². The predicted molar refractivity (Wildman–Crippen MR) is 179 cm³/mol. The number of nitrogens with zero attached hydrogens (tertiary/aromatic N) is 2. The molecular weight excluding hydrogens is 553 g/mol. The molecule has 4 aromatic rings. The van der Waals surface area contributed by atoms with Gasteiger partial charge in [-0.05, 0) is 65.2 Å². The van der Waals surface area contributed by atoms with Crippen molar-refractivity contribution in [2.75, 3.05) is 11.5 Å². The van der Waals surface area contributed by atoms with E-state index in [0.717, 1.165) is 22.9 Å². The maximum atomic E-state index is 4.83. The molecule has 212 valence electrons. The van der Waals surface area contributed by atoms with Crippen LogP contribution in [0.15, 0.2) is 39.4 Å². The Bertz CT molecular complexity index is 1360. The molecule has 1 aliphatic heterocycles. The van der Waals surface area contributed by atoms with E-state index in [1.165, 1.54) is 90.6 Å². The van der Waals surface area contributed by atoms with Crippen molar-refractivity contribution in [1.29, 1.82) is 0 Å². The maximum absolute atomic E-state index is 4.83. The van der Waals surface area contributed by atoms with Crippen molar-refractivity contribution >= 4 is 55.5 Å². The fourth-order valence-corrected chi connectivity index (χ4v) is 15.7. The van der Waals surface area contributed by atoms with Gasteiger partial charge >= 0.3 is 0 Å². The maximum Gasteiger partial charge on any atom is 0.113 e. The lowest BCUT2D eigenvalue weighted by Gasteiger charge is -2.42. The second-order valence-electron chi connectivity index (χ2n) is 11.8. The quantitative estimate of drug-likeness (QED) is 0.144. The highest BCUT2D eigenvalue weighted by Crippen LogP contribution is 2.76. The number of hydrogen-bond donors (Lipinski definition) is 0. The monoisotopic (exact) mass is 598 g/mol. The summed E-state index contributed by atoms with van der Waals surface area (Å²) in [6, 6.07) is 9.80. The van der Waals surface area contributed by atoms with Crippen LogP contribution in [0.3, 0.4) is 0 Å². The van der Waals surface area contributed by atoms with Crippen LogP contribution in [-0.2, 0) is 0 Å². The van der Waals surface area contributed by atoms with Crippen LogP contribution in [-0.4, -0.2) is 20.3 Å². The minimum absolute atomic E-state index is 0.452. The van der Waals surface area contributed by atoms with Crippen LogP contribution in [0.1, 0.15) is 104 Å². The largest absolute Gasteiger partial charge is 0.184 e. The third-order valence-corrected chi connectivity index (χ3v) is 16.3. The van der Waals surface area contributed by atoms with Gasteiger partial charge in [-0.3, -0.25) is 0 Å². The SMILES string of the molecule is CCCCC(CC)CS1(CC(CC)CCCC)c2ccsc2-c2sc(-c3ccc(C(C)C)c4nsnc34)cc21. The van der Waals surface area contributed by atoms with E-state index >= 15 is 0 Å². The van der Waals surface area contributed by atoms with Crippen LogP contribution >= 0.6 is 44.4 Å². The minimum Gasteiger partial charge on any atom is -0.184 e. The summed E-state index contributed by atoms with van der Waals surface area (Å²) in [5.41, 5.74) is 4.80. The van der Waals surface area contributed by atoms with Gasteiger partial charge < -0.3 is 0 Å². The van der Waals surface area contributed by atoms with E-state index in [2.05, 4.69) is 71.2 Å². The molecule has 2 unspecified atom stereocenters. The Labute approximate surface area is 250 Å². The first-order chi connectivity index (χ1) is 19.0. The molecule has 0 aliphatic carbocycles. The molecule has 6 heteroatoms. The summed E-state index contributed by atoms with van der Waals surface area (Å²) >= 11 is 5.38. The number of benzene rings is 1. The Morgan fingerprint density at radius 1 is 0.795 bits per heavy atom. The summed E-state index contributed by atoms with van der Waals surface area (Å²) in [5.74, 6) is 4.82. The Balaban J connectivity index is 1.64. The Kier molecular flexibility index (Phi) is 9.58. The van der Waals surface area contributed by atoms with Crippen molar-refractivity contribution in [3.8, 4) is 20.2 Å². The van der Waals surface area contributed by atoms with Crippen LogP contribution in [0.4, 0.5) is 0 Å². The summed E-state index contributed by atoms with van der Waals surface area (Å²) < 4.78 is 9.58. The van der Waals surface area contributed by atoms with Gasteiger partial charge in [-0.1, -0.05) is 92.2 Å². The van der Waals surface area contributed by atoms with E-state index in [0.29, 0.717) is 5.92 Å². The molecule has 0 N–H and O–H groups in total. The lowest BCUT2D eigenvalue weighted by atomic mass is 9.99. The fourth-order valence-electron chi connectivity index (χ4n) is 6.42. The molecule has 0 fully saturated rings. The Morgan fingerprint density at radius 2 is 1.46 bits per heavy atom. The van der Waals surface area contributed by atoms with Gasteiger partial charge in [0.25, 0.3) is 0 Å². The molecule has 39 heavy (non-hydrogen) atoms. The summed E-state index contributed by atoms with van der Waals surface area (Å²) in [7, 11) is -1.08. The van der Waals surface area contributed by atoms with E-state index in [1.54, 1.807) is 19.5 Å². The molecule has 1 aromatic carbocycles. The van der Waals surface area contributed by atoms with Crippen LogP contribution in [0, 0.1) is 11.8 Å². The van der Waals surface area contributed by atoms with Gasteiger partial charge in [0, 0.05) is 20.2 Å². The lowest BCUT2D eigenvalue weighted by molar-refractivity contribution is 0.484. The number of rotatable bonds is 14. The Hall–Kier alpha value is -1.21. The highest BCUT2D eigenvalue weighted by atomic mass is 32.3. The fraction of sp³-hybridized carbons (Fsp3) is 0.576. The molecule has 3 aromatic heterocycles. The minimum atomic E-state index is -1.08. The van der Waals surface area contributed by atoms with Crippen molar-refractivity contribution in [1.82, 2.24) is 8.75 Å². The highest BCUT2D eigenvalue weighted by Gasteiger charge is 2.43. The first-order valence-electron chi connectivity index (χ1n) is 15.2. The normalized spacial score (nSPS) is 19.8. The summed E-state index contributed by atoms with van der Waals surface area (Å²) in [4.78, 5) is 7.98. The van der Waals surface area contributed by atoms with Gasteiger partial charge in [0.2, 0.25) is 0 Å². The molecule has 5 rings (SSSR count). The molecule has 0 amide bonds. The first-order valence-corrected chi connectivity index (χ1v) is 19.6. The van der Waals surface area contributed by atoms with Crippen LogP contribution in [0.5, 0.6) is 0 Å². The number of thiophene rings is 2. The third-order valence-electron chi connectivity index (χ3n) is 8.84. The zero-order valence-electron chi connectivity index (χ0n) is 24.7. The molecule has 0 radical (unpaired) electrons. The second kappa shape index (κ2) is 12.8. The van der Waals surface area contributed by atoms with Gasteiger partial charge in [0.05, 0.1) is 21.5 Å². The van der Waals surface area contributed by atoms with Crippen LogP contribution in [0.2, 0.25) is 0 Å². The van der Waals surface area contributed by atoms with E-state index in [1.807, 2.05) is 22.7 Å². The average Bonchev–Trinajstić information content (AvgIpc) is 3.73. The zero-order chi connectivity index (χ0) is 27.6. The van der Waals surface area contributed by atoms with Gasteiger partial charge in [0.1, 0.15) is 11.0 Å². The average molecular weight is 599 g/mol. The molecule has 2 atom stereocenters. The Morgan fingerprint density at radius 3 is 2.08 bits per heavy atom. The third kappa shape index (κ3) is 5.52. The standard InChI is InChI=1S/C33H46N2S4/c1-7-11-13-23(9-3)20-39(21-24(10-4)14-12-8-2)28-17-18-36-32(28)33-29(39)19-27(37-33)26-16-15-25(22(5)6)30-31(26)35-38-34-30/h15-19,22-24H,7-14,20-21H2,1-6H3. The van der Waals surface area contributed by atoms with E-state index in [4.69, 9.17) is 8.75 Å². The van der Waals surface area contributed by atoms with Crippen molar-refractivity contribution in [3.63, 3.8) is 0 Å². The van der Waals surface area contributed by atoms with Crippen molar-refractivity contribution in [2.45, 2.75) is 109 Å². The van der Waals surface area contributed by atoms with Gasteiger partial charge in [-0.2, -0.15) is 18.8 Å². The van der Waals surface area contributed by atoms with Gasteiger partial charge in [0.15, 0.2) is 0 Å². The molecule has 0 spiro atoms. The molecular formula is C33H46N2S4. The van der Waals surface area contributed by atoms with Crippen molar-refractivity contribution in [3.05, 3.63) is 35.2 Å². The second-order valence-corrected chi connectivity index (χ2v) is 17.6. The summed E-state index contributed by atoms with van der Waals surface area (Å²) in [6.07, 6.45) is 10.7. The van der Waals surface area contributed by atoms with Gasteiger partial charge in [-0.25, -0.2) is 0 Å². The van der Waals surface area contributed by atoms with Gasteiger partial charge in [-0.15, -0.1) is 22.7 Å². The highest BCUT2D eigenvalue weighted by molar-refractivity contribution is 8.34. The summed E-state index contributed by atoms with van der Waals surface area (Å²) in [5, 5.41) is 2.38. The first kappa shape index (κ1) is 29.3.